The fourth-order valence-corrected chi connectivity index (χ4v) is 6.11. The standard InChI is InChI=1S/C20H23F2NO2/c1-3-9-23-10-8-19-13-6-7-20(21,22)18(19)25-17-15(24-2)5-4-12(16(17)19)11-14(13)23/h3-5,13-14,18H,1,6-11H2,2H3/t13-,14+,18?,19-/m0/s1. The normalized spacial score (nSPS) is 37.2. The van der Waals surface area contributed by atoms with Gasteiger partial charge in [0.1, 0.15) is 0 Å². The number of hydrogen-bond donors (Lipinski definition) is 0. The summed E-state index contributed by atoms with van der Waals surface area (Å²) in [5, 5.41) is 0. The zero-order valence-corrected chi connectivity index (χ0v) is 14.4. The van der Waals surface area contributed by atoms with Crippen molar-refractivity contribution >= 4 is 0 Å². The second-order valence-electron chi connectivity index (χ2n) is 7.88. The summed E-state index contributed by atoms with van der Waals surface area (Å²) in [6.07, 6.45) is 2.95. The molecule has 5 heteroatoms. The minimum Gasteiger partial charge on any atom is -0.493 e. The lowest BCUT2D eigenvalue weighted by Crippen LogP contribution is -2.68. The van der Waals surface area contributed by atoms with Crippen molar-refractivity contribution in [3.63, 3.8) is 0 Å². The van der Waals surface area contributed by atoms with Gasteiger partial charge >= 0.3 is 0 Å². The molecule has 5 rings (SSSR count). The number of rotatable bonds is 3. The van der Waals surface area contributed by atoms with Crippen molar-refractivity contribution in [2.24, 2.45) is 5.92 Å². The van der Waals surface area contributed by atoms with Crippen LogP contribution in [0.5, 0.6) is 11.5 Å². The first kappa shape index (κ1) is 15.6. The number of nitrogens with zero attached hydrogens (tertiary/aromatic N) is 1. The molecule has 2 fully saturated rings. The van der Waals surface area contributed by atoms with Crippen LogP contribution in [0.1, 0.15) is 30.4 Å². The zero-order chi connectivity index (χ0) is 17.4. The van der Waals surface area contributed by atoms with E-state index in [0.717, 1.165) is 37.1 Å². The summed E-state index contributed by atoms with van der Waals surface area (Å²) in [5.74, 6) is -1.41. The highest BCUT2D eigenvalue weighted by atomic mass is 19.3. The van der Waals surface area contributed by atoms with Crippen molar-refractivity contribution < 1.29 is 18.3 Å². The average molecular weight is 347 g/mol. The van der Waals surface area contributed by atoms with Crippen molar-refractivity contribution in [2.45, 2.75) is 49.2 Å². The third-order valence-electron chi connectivity index (χ3n) is 6.97. The van der Waals surface area contributed by atoms with Gasteiger partial charge in [-0.2, -0.15) is 0 Å². The van der Waals surface area contributed by atoms with Gasteiger partial charge in [0.2, 0.25) is 0 Å². The van der Waals surface area contributed by atoms with Gasteiger partial charge in [-0.1, -0.05) is 12.1 Å². The highest BCUT2D eigenvalue weighted by Gasteiger charge is 2.70. The summed E-state index contributed by atoms with van der Waals surface area (Å²) >= 11 is 0. The van der Waals surface area contributed by atoms with Crippen molar-refractivity contribution in [3.8, 4) is 11.5 Å². The van der Waals surface area contributed by atoms with Gasteiger partial charge in [0, 0.05) is 30.0 Å². The van der Waals surface area contributed by atoms with Gasteiger partial charge in [0.05, 0.1) is 7.11 Å². The van der Waals surface area contributed by atoms with Gasteiger partial charge in [0.25, 0.3) is 5.92 Å². The summed E-state index contributed by atoms with van der Waals surface area (Å²) in [5.41, 5.74) is 1.61. The fourth-order valence-electron chi connectivity index (χ4n) is 6.11. The lowest BCUT2D eigenvalue weighted by Gasteiger charge is -2.59. The molecule has 3 nitrogen and oxygen atoms in total. The number of hydrogen-bond acceptors (Lipinski definition) is 3. The maximum Gasteiger partial charge on any atom is 0.285 e. The molecule has 2 bridgehead atoms. The first-order chi connectivity index (χ1) is 12.0. The number of methoxy groups -OCH3 is 1. The summed E-state index contributed by atoms with van der Waals surface area (Å²) < 4.78 is 41.3. The van der Waals surface area contributed by atoms with Gasteiger partial charge in [-0.15, -0.1) is 6.58 Å². The van der Waals surface area contributed by atoms with E-state index in [0.29, 0.717) is 24.0 Å². The molecule has 2 heterocycles. The highest BCUT2D eigenvalue weighted by Crippen LogP contribution is 2.66. The molecule has 0 aromatic heterocycles. The highest BCUT2D eigenvalue weighted by molar-refractivity contribution is 5.61. The van der Waals surface area contributed by atoms with E-state index < -0.39 is 17.4 Å². The molecule has 0 amide bonds. The van der Waals surface area contributed by atoms with Crippen LogP contribution in [0.4, 0.5) is 8.78 Å². The van der Waals surface area contributed by atoms with E-state index in [9.17, 15) is 8.78 Å². The molecule has 1 aromatic rings. The Labute approximate surface area is 146 Å². The Balaban J connectivity index is 1.74. The average Bonchev–Trinajstić information content (AvgIpc) is 2.94. The summed E-state index contributed by atoms with van der Waals surface area (Å²) in [4.78, 5) is 2.43. The van der Waals surface area contributed by atoms with Gasteiger partial charge in [-0.05, 0) is 43.4 Å². The van der Waals surface area contributed by atoms with Crippen LogP contribution < -0.4 is 9.47 Å². The Morgan fingerprint density at radius 1 is 1.40 bits per heavy atom. The number of piperidine rings is 1. The second kappa shape index (κ2) is 4.97. The number of halogens is 2. The minimum atomic E-state index is -2.79. The van der Waals surface area contributed by atoms with Crippen molar-refractivity contribution in [1.29, 1.82) is 0 Å². The number of alkyl halides is 2. The quantitative estimate of drug-likeness (QED) is 0.781. The van der Waals surface area contributed by atoms with E-state index in [1.165, 1.54) is 0 Å². The fraction of sp³-hybridized carbons (Fsp3) is 0.600. The lowest BCUT2D eigenvalue weighted by atomic mass is 9.51. The predicted molar refractivity (Wildman–Crippen MR) is 90.6 cm³/mol. The Bertz CT molecular complexity index is 749. The molecule has 1 spiro atoms. The monoisotopic (exact) mass is 347 g/mol. The number of likely N-dealkylation sites (tertiary alicyclic amines) is 1. The molecule has 4 atom stereocenters. The van der Waals surface area contributed by atoms with Crippen LogP contribution in [-0.4, -0.2) is 43.2 Å². The first-order valence-electron chi connectivity index (χ1n) is 9.12. The van der Waals surface area contributed by atoms with Gasteiger partial charge in [-0.25, -0.2) is 8.78 Å². The van der Waals surface area contributed by atoms with E-state index in [1.807, 2.05) is 12.1 Å². The van der Waals surface area contributed by atoms with Gasteiger partial charge in [0.15, 0.2) is 17.6 Å². The van der Waals surface area contributed by atoms with Crippen LogP contribution >= 0.6 is 0 Å². The number of benzene rings is 1. The van der Waals surface area contributed by atoms with Crippen LogP contribution in [-0.2, 0) is 11.8 Å². The summed E-state index contributed by atoms with van der Waals surface area (Å²) in [6.45, 7) is 5.51. The molecule has 1 aromatic carbocycles. The predicted octanol–water partition coefficient (Wildman–Crippen LogP) is 3.56. The molecule has 2 aliphatic carbocycles. The maximum atomic E-state index is 14.9. The van der Waals surface area contributed by atoms with E-state index >= 15 is 0 Å². The molecule has 1 saturated heterocycles. The molecule has 0 radical (unpaired) electrons. The van der Waals surface area contributed by atoms with E-state index in [2.05, 4.69) is 17.5 Å². The molecule has 25 heavy (non-hydrogen) atoms. The van der Waals surface area contributed by atoms with Crippen LogP contribution in [0.2, 0.25) is 0 Å². The number of ether oxygens (including phenoxy) is 2. The summed E-state index contributed by atoms with van der Waals surface area (Å²) in [7, 11) is 1.58. The summed E-state index contributed by atoms with van der Waals surface area (Å²) in [6, 6.07) is 4.22. The molecule has 2 aliphatic heterocycles. The molecule has 1 unspecified atom stereocenters. The topological polar surface area (TPSA) is 21.7 Å². The molecule has 134 valence electrons. The molecule has 0 N–H and O–H groups in total. The minimum absolute atomic E-state index is 0.0891. The van der Waals surface area contributed by atoms with Crippen molar-refractivity contribution in [1.82, 2.24) is 4.90 Å². The van der Waals surface area contributed by atoms with E-state index in [4.69, 9.17) is 9.47 Å². The first-order valence-corrected chi connectivity index (χ1v) is 9.12. The Morgan fingerprint density at radius 3 is 3.00 bits per heavy atom. The Kier molecular flexibility index (Phi) is 3.10. The van der Waals surface area contributed by atoms with Gasteiger partial charge in [-0.3, -0.25) is 4.90 Å². The third-order valence-corrected chi connectivity index (χ3v) is 6.97. The lowest BCUT2D eigenvalue weighted by molar-refractivity contribution is -0.181. The van der Waals surface area contributed by atoms with Crippen molar-refractivity contribution in [3.05, 3.63) is 35.9 Å². The smallest absolute Gasteiger partial charge is 0.285 e. The second-order valence-corrected chi connectivity index (χ2v) is 7.88. The molecule has 1 saturated carbocycles. The third kappa shape index (κ3) is 1.77. The van der Waals surface area contributed by atoms with E-state index in [-0.39, 0.29) is 12.3 Å². The Hall–Kier alpha value is -1.62. The maximum absolute atomic E-state index is 14.9. The molecule has 4 aliphatic rings. The van der Waals surface area contributed by atoms with Crippen LogP contribution in [0.3, 0.4) is 0 Å². The van der Waals surface area contributed by atoms with Crippen molar-refractivity contribution in [2.75, 3.05) is 20.2 Å². The van der Waals surface area contributed by atoms with E-state index in [1.54, 1.807) is 7.11 Å². The zero-order valence-electron chi connectivity index (χ0n) is 14.4. The SMILES string of the molecule is C=CCN1CC[C@]23c4c5ccc(OC)c4OC2C(F)(F)CC[C@H]3[C@H]1C5. The largest absolute Gasteiger partial charge is 0.493 e. The van der Waals surface area contributed by atoms with Gasteiger partial charge < -0.3 is 9.47 Å². The van der Waals surface area contributed by atoms with Crippen LogP contribution in [0.15, 0.2) is 24.8 Å². The molecular formula is C20H23F2NO2. The van der Waals surface area contributed by atoms with Crippen LogP contribution in [0, 0.1) is 5.92 Å². The van der Waals surface area contributed by atoms with Crippen LogP contribution in [0.25, 0.3) is 0 Å². The Morgan fingerprint density at radius 2 is 2.24 bits per heavy atom. The molecular weight excluding hydrogens is 324 g/mol.